The number of methoxy groups -OCH3 is 1. The predicted molar refractivity (Wildman–Crippen MR) is 99.1 cm³/mol. The molecule has 138 valence electrons. The lowest BCUT2D eigenvalue weighted by Gasteiger charge is -2.24. The van der Waals surface area contributed by atoms with Gasteiger partial charge >= 0.3 is 0 Å². The van der Waals surface area contributed by atoms with Gasteiger partial charge in [-0.05, 0) is 41.8 Å². The van der Waals surface area contributed by atoms with Gasteiger partial charge in [-0.25, -0.2) is 0 Å². The van der Waals surface area contributed by atoms with Gasteiger partial charge in [0.1, 0.15) is 11.4 Å². The van der Waals surface area contributed by atoms with E-state index in [4.69, 9.17) is 14.0 Å². The van der Waals surface area contributed by atoms with Gasteiger partial charge in [0.05, 0.1) is 20.3 Å². The number of benzene rings is 2. The van der Waals surface area contributed by atoms with Crippen LogP contribution in [-0.4, -0.2) is 35.2 Å². The van der Waals surface area contributed by atoms with Crippen LogP contribution in [0.1, 0.15) is 23.4 Å². The largest absolute Gasteiger partial charge is 0.497 e. The summed E-state index contributed by atoms with van der Waals surface area (Å²) in [6.45, 7) is 3.14. The third kappa shape index (κ3) is 2.91. The molecule has 1 unspecified atom stereocenters. The molecule has 1 saturated heterocycles. The molecule has 0 saturated carbocycles. The van der Waals surface area contributed by atoms with Crippen LogP contribution < -0.4 is 4.74 Å². The Hall–Kier alpha value is -2.70. The minimum absolute atomic E-state index is 0.185. The fourth-order valence-electron chi connectivity index (χ4n) is 4.08. The zero-order valence-electron chi connectivity index (χ0n) is 15.2. The minimum atomic E-state index is -0.185. The van der Waals surface area contributed by atoms with Crippen molar-refractivity contribution in [3.63, 3.8) is 0 Å². The van der Waals surface area contributed by atoms with Crippen LogP contribution in [0.25, 0.3) is 11.4 Å². The van der Waals surface area contributed by atoms with Crippen LogP contribution >= 0.6 is 0 Å². The summed E-state index contributed by atoms with van der Waals surface area (Å²) in [5, 5.41) is 4.12. The summed E-state index contributed by atoms with van der Waals surface area (Å²) in [4.78, 5) is 6.88. The number of ether oxygens (including phenoxy) is 2. The van der Waals surface area contributed by atoms with Crippen molar-refractivity contribution in [2.24, 2.45) is 0 Å². The summed E-state index contributed by atoms with van der Waals surface area (Å²) in [6.07, 6.45) is 0.990. The van der Waals surface area contributed by atoms with Gasteiger partial charge in [0.25, 0.3) is 0 Å². The van der Waals surface area contributed by atoms with Crippen molar-refractivity contribution >= 4 is 0 Å². The first kappa shape index (κ1) is 16.5. The number of rotatable bonds is 4. The molecule has 1 atom stereocenters. The zero-order valence-corrected chi connectivity index (χ0v) is 15.2. The third-order valence-corrected chi connectivity index (χ3v) is 5.50. The second kappa shape index (κ2) is 6.48. The summed E-state index contributed by atoms with van der Waals surface area (Å²) in [5.74, 6) is 2.04. The second-order valence-corrected chi connectivity index (χ2v) is 7.14. The van der Waals surface area contributed by atoms with Crippen LogP contribution in [0.15, 0.2) is 53.1 Å². The van der Waals surface area contributed by atoms with Crippen molar-refractivity contribution in [1.82, 2.24) is 15.0 Å². The Bertz CT molecular complexity index is 953. The van der Waals surface area contributed by atoms with Gasteiger partial charge < -0.3 is 14.0 Å². The smallest absolute Gasteiger partial charge is 0.241 e. The number of hydrogen-bond acceptors (Lipinski definition) is 6. The molecule has 1 fully saturated rings. The number of aromatic nitrogens is 2. The highest BCUT2D eigenvalue weighted by Gasteiger charge is 2.45. The third-order valence-electron chi connectivity index (χ3n) is 5.50. The van der Waals surface area contributed by atoms with E-state index in [1.165, 1.54) is 11.1 Å². The van der Waals surface area contributed by atoms with Gasteiger partial charge in [-0.2, -0.15) is 4.98 Å². The molecule has 0 aliphatic carbocycles. The van der Waals surface area contributed by atoms with Crippen molar-refractivity contribution in [2.75, 3.05) is 20.2 Å². The normalized spacial score (nSPS) is 21.7. The van der Waals surface area contributed by atoms with Crippen LogP contribution in [0.5, 0.6) is 5.75 Å². The lowest BCUT2D eigenvalue weighted by atomic mass is 9.92. The second-order valence-electron chi connectivity index (χ2n) is 7.14. The molecule has 0 radical (unpaired) electrons. The molecular formula is C21H21N3O3. The highest BCUT2D eigenvalue weighted by atomic mass is 16.5. The van der Waals surface area contributed by atoms with Gasteiger partial charge in [0, 0.05) is 18.7 Å². The summed E-state index contributed by atoms with van der Waals surface area (Å²) in [7, 11) is 1.65. The highest BCUT2D eigenvalue weighted by Crippen LogP contribution is 2.43. The SMILES string of the molecule is COc1ccc(-c2noc(CN3CCC4(C3)OCc3ccccc34)n2)cc1. The molecule has 2 aliphatic heterocycles. The molecule has 2 aliphatic rings. The van der Waals surface area contributed by atoms with Gasteiger partial charge in [-0.3, -0.25) is 4.90 Å². The Morgan fingerprint density at radius 1 is 1.15 bits per heavy atom. The molecule has 2 aromatic carbocycles. The monoisotopic (exact) mass is 363 g/mol. The number of likely N-dealkylation sites (tertiary alicyclic amines) is 1. The Labute approximate surface area is 157 Å². The number of fused-ring (bicyclic) bond motifs is 2. The predicted octanol–water partition coefficient (Wildman–Crippen LogP) is 3.38. The van der Waals surface area contributed by atoms with E-state index >= 15 is 0 Å². The average molecular weight is 363 g/mol. The van der Waals surface area contributed by atoms with Gasteiger partial charge in [0.2, 0.25) is 11.7 Å². The summed E-state index contributed by atoms with van der Waals surface area (Å²) in [6, 6.07) is 16.2. The topological polar surface area (TPSA) is 60.6 Å². The first-order valence-corrected chi connectivity index (χ1v) is 9.17. The molecule has 0 N–H and O–H groups in total. The van der Waals surface area contributed by atoms with Crippen LogP contribution in [0.4, 0.5) is 0 Å². The fraction of sp³-hybridized carbons (Fsp3) is 0.333. The molecule has 1 spiro atoms. The maximum absolute atomic E-state index is 6.22. The van der Waals surface area contributed by atoms with Gasteiger partial charge in [0.15, 0.2) is 0 Å². The van der Waals surface area contributed by atoms with Crippen LogP contribution in [-0.2, 0) is 23.5 Å². The summed E-state index contributed by atoms with van der Waals surface area (Å²) < 4.78 is 16.9. The van der Waals surface area contributed by atoms with Gasteiger partial charge in [-0.15, -0.1) is 0 Å². The molecule has 3 heterocycles. The Balaban J connectivity index is 1.29. The van der Waals surface area contributed by atoms with Crippen molar-refractivity contribution < 1.29 is 14.0 Å². The zero-order chi connectivity index (χ0) is 18.3. The Morgan fingerprint density at radius 2 is 2.00 bits per heavy atom. The Morgan fingerprint density at radius 3 is 2.85 bits per heavy atom. The lowest BCUT2D eigenvalue weighted by molar-refractivity contribution is -0.0303. The van der Waals surface area contributed by atoms with E-state index < -0.39 is 0 Å². The molecule has 3 aromatic rings. The molecular weight excluding hydrogens is 342 g/mol. The molecule has 0 bridgehead atoms. The van der Waals surface area contributed by atoms with Gasteiger partial charge in [-0.1, -0.05) is 29.4 Å². The van der Waals surface area contributed by atoms with Crippen molar-refractivity contribution in [3.05, 3.63) is 65.5 Å². The van der Waals surface area contributed by atoms with E-state index in [1.54, 1.807) is 7.11 Å². The molecule has 27 heavy (non-hydrogen) atoms. The standard InChI is InChI=1S/C21H21N3O3/c1-25-17-8-6-15(7-9-17)20-22-19(27-23-20)12-24-11-10-21(14-24)18-5-3-2-4-16(18)13-26-21/h2-9H,10-14H2,1H3. The average Bonchev–Trinajstić information content (AvgIpc) is 3.43. The number of hydrogen-bond donors (Lipinski definition) is 0. The van der Waals surface area contributed by atoms with Crippen LogP contribution in [0, 0.1) is 0 Å². The van der Waals surface area contributed by atoms with Crippen molar-refractivity contribution in [3.8, 4) is 17.1 Å². The van der Waals surface area contributed by atoms with E-state index in [0.717, 1.165) is 30.8 Å². The molecule has 1 aromatic heterocycles. The van der Waals surface area contributed by atoms with Crippen molar-refractivity contribution in [1.29, 1.82) is 0 Å². The van der Waals surface area contributed by atoms with E-state index in [1.807, 2.05) is 24.3 Å². The molecule has 5 rings (SSSR count). The first-order valence-electron chi connectivity index (χ1n) is 9.17. The van der Waals surface area contributed by atoms with E-state index in [2.05, 4.69) is 39.3 Å². The fourth-order valence-corrected chi connectivity index (χ4v) is 4.08. The van der Waals surface area contributed by atoms with E-state index in [-0.39, 0.29) is 5.60 Å². The molecule has 6 nitrogen and oxygen atoms in total. The van der Waals surface area contributed by atoms with Crippen molar-refractivity contribution in [2.45, 2.75) is 25.2 Å². The quantitative estimate of drug-likeness (QED) is 0.708. The van der Waals surface area contributed by atoms with Crippen LogP contribution in [0.2, 0.25) is 0 Å². The summed E-state index contributed by atoms with van der Waals surface area (Å²) >= 11 is 0. The van der Waals surface area contributed by atoms with Crippen LogP contribution in [0.3, 0.4) is 0 Å². The lowest BCUT2D eigenvalue weighted by Crippen LogP contribution is -2.30. The van der Waals surface area contributed by atoms with E-state index in [0.29, 0.717) is 24.9 Å². The molecule has 6 heteroatoms. The Kier molecular flexibility index (Phi) is 3.95. The minimum Gasteiger partial charge on any atom is -0.497 e. The number of nitrogens with zero attached hydrogens (tertiary/aromatic N) is 3. The first-order chi connectivity index (χ1) is 13.3. The highest BCUT2D eigenvalue weighted by molar-refractivity contribution is 5.55. The molecule has 0 amide bonds. The summed E-state index contributed by atoms with van der Waals surface area (Å²) in [5.41, 5.74) is 3.36. The maximum atomic E-state index is 6.22. The van der Waals surface area contributed by atoms with E-state index in [9.17, 15) is 0 Å². The maximum Gasteiger partial charge on any atom is 0.241 e.